The van der Waals surface area contributed by atoms with Gasteiger partial charge in [0.1, 0.15) is 0 Å². The van der Waals surface area contributed by atoms with Gasteiger partial charge in [-0.15, -0.1) is 0 Å². The standard InChI is InChI=1S/C60H42N2Si/c1-6-22-43(23-7-1)45-26-20-27-47(40-45)61-54-36-18-16-34-51(54)53-41-46(44-24-8-2-9-25-44)42-57(60(53)61)62-55-37-19-17-35-52(55)59-56(62)38-21-39-58(59)63(48-28-10-3-11-29-48,49-30-12-4-13-31-49)50-32-14-5-15-33-50/h1-42H. The van der Waals surface area contributed by atoms with Gasteiger partial charge in [0.25, 0.3) is 0 Å². The van der Waals surface area contributed by atoms with E-state index in [2.05, 4.69) is 264 Å². The molecule has 12 aromatic rings. The van der Waals surface area contributed by atoms with Crippen LogP contribution in [0, 0.1) is 0 Å². The summed E-state index contributed by atoms with van der Waals surface area (Å²) in [7, 11) is -2.93. The van der Waals surface area contributed by atoms with Crippen LogP contribution in [0.3, 0.4) is 0 Å². The zero-order valence-corrected chi connectivity index (χ0v) is 35.6. The SMILES string of the molecule is c1ccc(-c2cccc(-n3c4ccccc4c4cc(-c5ccccc5)cc(-n5c6ccccc6c6c([Si](c7ccccc7)(c7ccccc7)c7ccccc7)cccc65)c43)c2)cc1. The first-order chi connectivity index (χ1) is 31.3. The zero-order valence-electron chi connectivity index (χ0n) is 34.6. The van der Waals surface area contributed by atoms with Crippen LogP contribution in [-0.4, -0.2) is 17.2 Å². The van der Waals surface area contributed by atoms with Gasteiger partial charge >= 0.3 is 0 Å². The molecule has 0 saturated heterocycles. The van der Waals surface area contributed by atoms with Crippen LogP contribution in [0.2, 0.25) is 0 Å². The zero-order chi connectivity index (χ0) is 41.7. The molecule has 2 aromatic heterocycles. The van der Waals surface area contributed by atoms with Crippen LogP contribution in [0.1, 0.15) is 0 Å². The first-order valence-corrected chi connectivity index (χ1v) is 23.8. The molecule has 0 spiro atoms. The predicted octanol–water partition coefficient (Wildman–Crippen LogP) is 12.6. The van der Waals surface area contributed by atoms with E-state index in [1.54, 1.807) is 0 Å². The van der Waals surface area contributed by atoms with Gasteiger partial charge in [-0.2, -0.15) is 0 Å². The van der Waals surface area contributed by atoms with Gasteiger partial charge in [-0.05, 0) is 85.5 Å². The van der Waals surface area contributed by atoms with E-state index in [1.807, 2.05) is 0 Å². The Morgan fingerprint density at radius 1 is 0.286 bits per heavy atom. The number of hydrogen-bond acceptors (Lipinski definition) is 0. The second-order valence-electron chi connectivity index (χ2n) is 16.4. The molecule has 63 heavy (non-hydrogen) atoms. The lowest BCUT2D eigenvalue weighted by atomic mass is 10.0. The summed E-state index contributed by atoms with van der Waals surface area (Å²) in [5.41, 5.74) is 11.7. The van der Waals surface area contributed by atoms with Gasteiger partial charge < -0.3 is 9.13 Å². The van der Waals surface area contributed by atoms with Gasteiger partial charge in [-0.1, -0.05) is 212 Å². The average molecular weight is 819 g/mol. The Balaban J connectivity index is 1.25. The number of rotatable bonds is 8. The largest absolute Gasteiger partial charge is 0.307 e. The van der Waals surface area contributed by atoms with E-state index < -0.39 is 8.07 Å². The molecule has 2 heterocycles. The van der Waals surface area contributed by atoms with Crippen LogP contribution in [0.25, 0.3) is 77.2 Å². The van der Waals surface area contributed by atoms with E-state index in [0.29, 0.717) is 0 Å². The molecule has 0 aliphatic heterocycles. The van der Waals surface area contributed by atoms with Crippen molar-refractivity contribution in [2.45, 2.75) is 0 Å². The minimum absolute atomic E-state index is 1.13. The molecular weight excluding hydrogens is 777 g/mol. The maximum atomic E-state index is 2.57. The summed E-state index contributed by atoms with van der Waals surface area (Å²) in [6, 6.07) is 94.4. The van der Waals surface area contributed by atoms with Crippen molar-refractivity contribution >= 4 is 72.4 Å². The normalized spacial score (nSPS) is 11.8. The van der Waals surface area contributed by atoms with Crippen LogP contribution >= 0.6 is 0 Å². The summed E-state index contributed by atoms with van der Waals surface area (Å²) in [6.45, 7) is 0. The van der Waals surface area contributed by atoms with Crippen molar-refractivity contribution in [1.29, 1.82) is 0 Å². The second-order valence-corrected chi connectivity index (χ2v) is 20.2. The molecule has 0 atom stereocenters. The molecule has 0 fully saturated rings. The monoisotopic (exact) mass is 818 g/mol. The Bertz CT molecular complexity index is 3500. The molecule has 0 saturated carbocycles. The van der Waals surface area contributed by atoms with Crippen molar-refractivity contribution in [1.82, 2.24) is 9.13 Å². The van der Waals surface area contributed by atoms with Crippen LogP contribution in [0.5, 0.6) is 0 Å². The van der Waals surface area contributed by atoms with Gasteiger partial charge in [0, 0.05) is 27.2 Å². The molecule has 0 aliphatic rings. The number of aromatic nitrogens is 2. The van der Waals surface area contributed by atoms with Crippen LogP contribution in [0.15, 0.2) is 255 Å². The van der Waals surface area contributed by atoms with E-state index in [0.717, 1.165) is 11.4 Å². The summed E-state index contributed by atoms with van der Waals surface area (Å²) < 4.78 is 5.07. The minimum Gasteiger partial charge on any atom is -0.307 e. The van der Waals surface area contributed by atoms with Crippen molar-refractivity contribution in [2.75, 3.05) is 0 Å². The first kappa shape index (κ1) is 36.8. The van der Waals surface area contributed by atoms with E-state index in [9.17, 15) is 0 Å². The van der Waals surface area contributed by atoms with Crippen LogP contribution in [-0.2, 0) is 0 Å². The van der Waals surface area contributed by atoms with Gasteiger partial charge in [-0.25, -0.2) is 0 Å². The summed E-state index contributed by atoms with van der Waals surface area (Å²) >= 11 is 0. The lowest BCUT2D eigenvalue weighted by Gasteiger charge is -2.35. The minimum atomic E-state index is -2.93. The molecule has 0 bridgehead atoms. The third kappa shape index (κ3) is 5.85. The number of nitrogens with zero attached hydrogens (tertiary/aromatic N) is 2. The fourth-order valence-corrected chi connectivity index (χ4v) is 15.4. The van der Waals surface area contributed by atoms with E-state index in [4.69, 9.17) is 0 Å². The molecule has 0 unspecified atom stereocenters. The molecule has 2 nitrogen and oxygen atoms in total. The third-order valence-electron chi connectivity index (χ3n) is 13.0. The van der Waals surface area contributed by atoms with Crippen molar-refractivity contribution < 1.29 is 0 Å². The Labute approximate surface area is 368 Å². The highest BCUT2D eigenvalue weighted by atomic mass is 28.3. The van der Waals surface area contributed by atoms with Gasteiger partial charge in [-0.3, -0.25) is 0 Å². The van der Waals surface area contributed by atoms with Crippen molar-refractivity contribution in [3.05, 3.63) is 255 Å². The Kier molecular flexibility index (Phi) is 8.87. The van der Waals surface area contributed by atoms with E-state index in [-0.39, 0.29) is 0 Å². The highest BCUT2D eigenvalue weighted by molar-refractivity contribution is 7.20. The fourth-order valence-electron chi connectivity index (χ4n) is 10.4. The molecule has 12 rings (SSSR count). The number of hydrogen-bond donors (Lipinski definition) is 0. The number of fused-ring (bicyclic) bond motifs is 6. The molecule has 3 heteroatoms. The maximum Gasteiger partial charge on any atom is 0.180 e. The predicted molar refractivity (Wildman–Crippen MR) is 270 cm³/mol. The van der Waals surface area contributed by atoms with Gasteiger partial charge in [0.2, 0.25) is 0 Å². The van der Waals surface area contributed by atoms with E-state index in [1.165, 1.54) is 86.6 Å². The number of benzene rings is 10. The van der Waals surface area contributed by atoms with Gasteiger partial charge in [0.15, 0.2) is 8.07 Å². The van der Waals surface area contributed by atoms with Crippen LogP contribution < -0.4 is 20.7 Å². The lowest BCUT2D eigenvalue weighted by Crippen LogP contribution is -2.74. The Morgan fingerprint density at radius 2 is 0.746 bits per heavy atom. The van der Waals surface area contributed by atoms with Crippen molar-refractivity contribution in [3.8, 4) is 33.6 Å². The highest BCUT2D eigenvalue weighted by Gasteiger charge is 2.43. The Hall–Kier alpha value is -7.98. The Morgan fingerprint density at radius 3 is 1.35 bits per heavy atom. The first-order valence-electron chi connectivity index (χ1n) is 21.8. The molecular formula is C60H42N2Si. The molecule has 0 N–H and O–H groups in total. The summed E-state index contributed by atoms with van der Waals surface area (Å²) in [5, 5.41) is 10.4. The highest BCUT2D eigenvalue weighted by Crippen LogP contribution is 2.42. The average Bonchev–Trinajstić information content (AvgIpc) is 3.89. The van der Waals surface area contributed by atoms with Crippen molar-refractivity contribution in [2.24, 2.45) is 0 Å². The molecule has 296 valence electrons. The van der Waals surface area contributed by atoms with E-state index >= 15 is 0 Å². The molecule has 0 amide bonds. The summed E-state index contributed by atoms with van der Waals surface area (Å²) in [5.74, 6) is 0. The topological polar surface area (TPSA) is 9.86 Å². The smallest absolute Gasteiger partial charge is 0.180 e. The quantitative estimate of drug-likeness (QED) is 0.107. The summed E-state index contributed by atoms with van der Waals surface area (Å²) in [4.78, 5) is 0. The second kappa shape index (κ2) is 15.2. The fraction of sp³-hybridized carbons (Fsp3) is 0. The number of para-hydroxylation sites is 2. The molecule has 0 aliphatic carbocycles. The van der Waals surface area contributed by atoms with Crippen molar-refractivity contribution in [3.63, 3.8) is 0 Å². The molecule has 10 aromatic carbocycles. The lowest BCUT2D eigenvalue weighted by molar-refractivity contribution is 1.13. The third-order valence-corrected chi connectivity index (χ3v) is 17.9. The maximum absolute atomic E-state index is 2.93. The van der Waals surface area contributed by atoms with Crippen LogP contribution in [0.4, 0.5) is 0 Å². The molecule has 0 radical (unpaired) electrons. The summed E-state index contributed by atoms with van der Waals surface area (Å²) in [6.07, 6.45) is 0. The van der Waals surface area contributed by atoms with Gasteiger partial charge in [0.05, 0.1) is 27.8 Å².